The van der Waals surface area contributed by atoms with Crippen LogP contribution in [0.4, 0.5) is 11.4 Å². The Bertz CT molecular complexity index is 474. The molecule has 0 amide bonds. The van der Waals surface area contributed by atoms with Crippen molar-refractivity contribution in [2.75, 3.05) is 5.32 Å². The van der Waals surface area contributed by atoms with Gasteiger partial charge in [0.05, 0.1) is 0 Å². The van der Waals surface area contributed by atoms with Gasteiger partial charge in [0, 0.05) is 26.4 Å². The Morgan fingerprint density at radius 3 is 1.75 bits per heavy atom. The molecule has 0 atom stereocenters. The van der Waals surface area contributed by atoms with Gasteiger partial charge in [0.1, 0.15) is 0 Å². The number of nitrogens with one attached hydrogen (secondary N) is 1. The average Bonchev–Trinajstić information content (AvgIpc) is 2.20. The molecule has 0 aliphatic heterocycles. The van der Waals surface area contributed by atoms with Crippen LogP contribution in [0.15, 0.2) is 42.5 Å². The lowest BCUT2D eigenvalue weighted by Gasteiger charge is -2.07. The molecule has 1 N–H and O–H groups in total. The van der Waals surface area contributed by atoms with Crippen molar-refractivity contribution < 1.29 is 0 Å². The fraction of sp³-hybridized carbons (Fsp3) is 0. The summed E-state index contributed by atoms with van der Waals surface area (Å²) < 4.78 is 0. The fourth-order valence-electron chi connectivity index (χ4n) is 1.33. The van der Waals surface area contributed by atoms with E-state index < -0.39 is 0 Å². The SMILES string of the molecule is Clc1ccc(Nc2cc(Cl)cc(Cl)c2)cc1. The number of anilines is 2. The molecule has 0 saturated heterocycles. The summed E-state index contributed by atoms with van der Waals surface area (Å²) in [5.74, 6) is 0. The summed E-state index contributed by atoms with van der Waals surface area (Å²) in [6.45, 7) is 0. The first kappa shape index (κ1) is 11.6. The van der Waals surface area contributed by atoms with E-state index >= 15 is 0 Å². The van der Waals surface area contributed by atoms with Gasteiger partial charge in [0.2, 0.25) is 0 Å². The summed E-state index contributed by atoms with van der Waals surface area (Å²) in [7, 11) is 0. The third-order valence-electron chi connectivity index (χ3n) is 2.00. The molecule has 0 aromatic heterocycles. The molecule has 0 unspecified atom stereocenters. The van der Waals surface area contributed by atoms with Crippen LogP contribution in [0.5, 0.6) is 0 Å². The first-order valence-corrected chi connectivity index (χ1v) is 5.75. The van der Waals surface area contributed by atoms with Gasteiger partial charge < -0.3 is 5.32 Å². The lowest BCUT2D eigenvalue weighted by Crippen LogP contribution is -1.89. The van der Waals surface area contributed by atoms with Gasteiger partial charge in [-0.05, 0) is 42.5 Å². The number of hydrogen-bond donors (Lipinski definition) is 1. The van der Waals surface area contributed by atoms with Crippen LogP contribution in [-0.4, -0.2) is 0 Å². The van der Waals surface area contributed by atoms with Crippen LogP contribution < -0.4 is 5.32 Å². The molecule has 0 bridgehead atoms. The quantitative estimate of drug-likeness (QED) is 0.773. The van der Waals surface area contributed by atoms with E-state index in [2.05, 4.69) is 5.32 Å². The molecule has 0 radical (unpaired) electrons. The fourth-order valence-corrected chi connectivity index (χ4v) is 1.98. The van der Waals surface area contributed by atoms with Crippen molar-refractivity contribution in [3.05, 3.63) is 57.5 Å². The van der Waals surface area contributed by atoms with Crippen LogP contribution in [0.2, 0.25) is 15.1 Å². The van der Waals surface area contributed by atoms with E-state index in [1.807, 2.05) is 36.4 Å². The standard InChI is InChI=1S/C12H8Cl3N/c13-8-1-3-11(4-2-8)16-12-6-9(14)5-10(15)7-12/h1-7,16H. The highest BCUT2D eigenvalue weighted by Crippen LogP contribution is 2.25. The first-order valence-electron chi connectivity index (χ1n) is 4.62. The van der Waals surface area contributed by atoms with Crippen molar-refractivity contribution in [1.29, 1.82) is 0 Å². The molecule has 0 saturated carbocycles. The van der Waals surface area contributed by atoms with Crippen molar-refractivity contribution in [3.63, 3.8) is 0 Å². The van der Waals surface area contributed by atoms with Crippen molar-refractivity contribution in [3.8, 4) is 0 Å². The Morgan fingerprint density at radius 1 is 0.625 bits per heavy atom. The molecule has 0 spiro atoms. The summed E-state index contributed by atoms with van der Waals surface area (Å²) in [5.41, 5.74) is 1.78. The zero-order valence-corrected chi connectivity index (χ0v) is 10.4. The summed E-state index contributed by atoms with van der Waals surface area (Å²) >= 11 is 17.6. The summed E-state index contributed by atoms with van der Waals surface area (Å²) in [4.78, 5) is 0. The second kappa shape index (κ2) is 4.96. The van der Waals surface area contributed by atoms with E-state index in [1.165, 1.54) is 0 Å². The smallest absolute Gasteiger partial charge is 0.0441 e. The molecule has 0 aliphatic carbocycles. The van der Waals surface area contributed by atoms with Crippen LogP contribution in [0.25, 0.3) is 0 Å². The van der Waals surface area contributed by atoms with Crippen LogP contribution in [0.1, 0.15) is 0 Å². The molecule has 2 rings (SSSR count). The molecule has 0 fully saturated rings. The minimum atomic E-state index is 0.601. The molecule has 16 heavy (non-hydrogen) atoms. The van der Waals surface area contributed by atoms with Crippen LogP contribution in [-0.2, 0) is 0 Å². The van der Waals surface area contributed by atoms with Gasteiger partial charge in [0.15, 0.2) is 0 Å². The molecule has 0 aliphatic rings. The third kappa shape index (κ3) is 3.05. The Hall–Kier alpha value is -0.890. The molecule has 0 heterocycles. The van der Waals surface area contributed by atoms with Crippen LogP contribution in [0.3, 0.4) is 0 Å². The average molecular weight is 273 g/mol. The largest absolute Gasteiger partial charge is 0.355 e. The second-order valence-corrected chi connectivity index (χ2v) is 4.60. The Balaban J connectivity index is 2.23. The first-order chi connectivity index (χ1) is 7.63. The minimum Gasteiger partial charge on any atom is -0.355 e. The van der Waals surface area contributed by atoms with Gasteiger partial charge in [-0.15, -0.1) is 0 Å². The Kier molecular flexibility index (Phi) is 3.59. The van der Waals surface area contributed by atoms with E-state index in [0.717, 1.165) is 11.4 Å². The normalized spacial score (nSPS) is 10.2. The second-order valence-electron chi connectivity index (χ2n) is 3.29. The number of benzene rings is 2. The van der Waals surface area contributed by atoms with Gasteiger partial charge in [-0.1, -0.05) is 34.8 Å². The topological polar surface area (TPSA) is 12.0 Å². The molecule has 2 aromatic rings. The molecule has 4 heteroatoms. The van der Waals surface area contributed by atoms with Gasteiger partial charge in [0.25, 0.3) is 0 Å². The van der Waals surface area contributed by atoms with E-state index in [0.29, 0.717) is 15.1 Å². The van der Waals surface area contributed by atoms with E-state index in [1.54, 1.807) is 6.07 Å². The number of hydrogen-bond acceptors (Lipinski definition) is 1. The highest BCUT2D eigenvalue weighted by atomic mass is 35.5. The van der Waals surface area contributed by atoms with Gasteiger partial charge in [-0.25, -0.2) is 0 Å². The molecular formula is C12H8Cl3N. The molecular weight excluding hydrogens is 264 g/mol. The van der Waals surface area contributed by atoms with Crippen molar-refractivity contribution in [2.24, 2.45) is 0 Å². The Labute approximate surface area is 109 Å². The summed E-state index contributed by atoms with van der Waals surface area (Å²) in [6.07, 6.45) is 0. The molecule has 1 nitrogen and oxygen atoms in total. The van der Waals surface area contributed by atoms with E-state index in [-0.39, 0.29) is 0 Å². The number of halogens is 3. The highest BCUT2D eigenvalue weighted by molar-refractivity contribution is 6.35. The predicted molar refractivity (Wildman–Crippen MR) is 71.2 cm³/mol. The van der Waals surface area contributed by atoms with Gasteiger partial charge in [-0.3, -0.25) is 0 Å². The molecule has 2 aromatic carbocycles. The Morgan fingerprint density at radius 2 is 1.19 bits per heavy atom. The predicted octanol–water partition coefficient (Wildman–Crippen LogP) is 5.39. The number of rotatable bonds is 2. The van der Waals surface area contributed by atoms with Crippen LogP contribution >= 0.6 is 34.8 Å². The van der Waals surface area contributed by atoms with Crippen molar-refractivity contribution in [2.45, 2.75) is 0 Å². The monoisotopic (exact) mass is 271 g/mol. The van der Waals surface area contributed by atoms with Gasteiger partial charge >= 0.3 is 0 Å². The maximum absolute atomic E-state index is 5.90. The lowest BCUT2D eigenvalue weighted by molar-refractivity contribution is 1.55. The van der Waals surface area contributed by atoms with Crippen molar-refractivity contribution in [1.82, 2.24) is 0 Å². The molecule has 82 valence electrons. The van der Waals surface area contributed by atoms with Crippen LogP contribution in [0, 0.1) is 0 Å². The highest BCUT2D eigenvalue weighted by Gasteiger charge is 1.99. The summed E-state index contributed by atoms with van der Waals surface area (Å²) in [6, 6.07) is 12.7. The van der Waals surface area contributed by atoms with Gasteiger partial charge in [-0.2, -0.15) is 0 Å². The summed E-state index contributed by atoms with van der Waals surface area (Å²) in [5, 5.41) is 5.09. The zero-order chi connectivity index (χ0) is 11.5. The maximum Gasteiger partial charge on any atom is 0.0441 e. The maximum atomic E-state index is 5.90. The lowest BCUT2D eigenvalue weighted by atomic mass is 10.2. The zero-order valence-electron chi connectivity index (χ0n) is 8.18. The minimum absolute atomic E-state index is 0.601. The van der Waals surface area contributed by atoms with E-state index in [4.69, 9.17) is 34.8 Å². The van der Waals surface area contributed by atoms with Crippen molar-refractivity contribution >= 4 is 46.2 Å². The third-order valence-corrected chi connectivity index (χ3v) is 2.68. The van der Waals surface area contributed by atoms with E-state index in [9.17, 15) is 0 Å².